The molecule has 0 saturated carbocycles. The van der Waals surface area contributed by atoms with Crippen molar-refractivity contribution in [2.75, 3.05) is 44.7 Å². The second-order valence-corrected chi connectivity index (χ2v) is 5.98. The van der Waals surface area contributed by atoms with E-state index in [9.17, 15) is 15.4 Å². The minimum atomic E-state index is -0.496. The van der Waals surface area contributed by atoms with Gasteiger partial charge < -0.3 is 19.4 Å². The number of aromatic nitrogens is 1. The molecule has 1 fully saturated rings. The van der Waals surface area contributed by atoms with Crippen molar-refractivity contribution in [3.8, 4) is 17.5 Å². The smallest absolute Gasteiger partial charge is 0.282 e. The van der Waals surface area contributed by atoms with Crippen LogP contribution in [-0.2, 0) is 4.74 Å². The molecular formula is C17H20N5O4+. The third-order valence-electron chi connectivity index (χ3n) is 4.26. The number of ether oxygens (including phenoxy) is 1. The first-order valence-electron chi connectivity index (χ1n) is 8.49. The molecule has 9 heteroatoms. The van der Waals surface area contributed by atoms with E-state index >= 15 is 0 Å². The van der Waals surface area contributed by atoms with Crippen molar-refractivity contribution in [3.05, 3.63) is 40.1 Å². The molecule has 1 saturated heterocycles. The first-order chi connectivity index (χ1) is 12.7. The molecule has 1 aliphatic rings. The molecular weight excluding hydrogens is 338 g/mol. The van der Waals surface area contributed by atoms with Gasteiger partial charge in [-0.1, -0.05) is 12.1 Å². The van der Waals surface area contributed by atoms with E-state index in [-0.39, 0.29) is 28.7 Å². The Kier molecular flexibility index (Phi) is 5.78. The van der Waals surface area contributed by atoms with Gasteiger partial charge in [-0.2, -0.15) is 10.2 Å². The molecule has 136 valence electrons. The predicted molar refractivity (Wildman–Crippen MR) is 92.8 cm³/mol. The number of oxazole rings is 1. The molecule has 0 amide bonds. The number of nitro groups is 1. The summed E-state index contributed by atoms with van der Waals surface area (Å²) in [6.07, 6.45) is 0.904. The maximum atomic E-state index is 11.2. The molecule has 26 heavy (non-hydrogen) atoms. The molecule has 0 atom stereocenters. The predicted octanol–water partition coefficient (Wildman–Crippen LogP) is 0.839. The molecule has 2 aromatic rings. The monoisotopic (exact) mass is 358 g/mol. The van der Waals surface area contributed by atoms with Crippen molar-refractivity contribution < 1.29 is 19.0 Å². The number of nitrogens with zero attached hydrogens (tertiary/aromatic N) is 3. The first-order valence-corrected chi connectivity index (χ1v) is 8.49. The topological polar surface area (TPSA) is 119 Å². The molecule has 2 heterocycles. The summed E-state index contributed by atoms with van der Waals surface area (Å²) in [5, 5.41) is 23.5. The van der Waals surface area contributed by atoms with Gasteiger partial charge in [0.15, 0.2) is 0 Å². The summed E-state index contributed by atoms with van der Waals surface area (Å²) in [7, 11) is 0. The van der Waals surface area contributed by atoms with Crippen LogP contribution in [0, 0.1) is 21.4 Å². The van der Waals surface area contributed by atoms with Gasteiger partial charge in [-0.3, -0.25) is 10.1 Å². The van der Waals surface area contributed by atoms with Crippen LogP contribution in [0.2, 0.25) is 0 Å². The number of hydrogen-bond donors (Lipinski definition) is 2. The highest BCUT2D eigenvalue weighted by Crippen LogP contribution is 2.31. The van der Waals surface area contributed by atoms with Gasteiger partial charge >= 0.3 is 0 Å². The zero-order chi connectivity index (χ0) is 18.4. The standard InChI is InChI=1S/C17H19N5O4/c18-12-14-17(19-6-3-7-21-8-10-25-11-9-21)26-16(20-14)13-4-1-2-5-15(13)22(23)24/h1-2,4-5,19H,3,6-11H2/p+1. The summed E-state index contributed by atoms with van der Waals surface area (Å²) in [6, 6.07) is 8.13. The van der Waals surface area contributed by atoms with E-state index in [4.69, 9.17) is 9.15 Å². The Bertz CT molecular complexity index is 808. The quantitative estimate of drug-likeness (QED) is 0.428. The molecule has 1 aromatic heterocycles. The van der Waals surface area contributed by atoms with E-state index in [0.717, 1.165) is 39.3 Å². The van der Waals surface area contributed by atoms with Crippen LogP contribution in [0.15, 0.2) is 28.7 Å². The SMILES string of the molecule is N#Cc1nc(-c2ccccc2[N+](=O)[O-])oc1NCCC[NH+]1CCOCC1. The summed E-state index contributed by atoms with van der Waals surface area (Å²) in [5.74, 6) is 0.313. The Labute approximate surface area is 150 Å². The van der Waals surface area contributed by atoms with Crippen molar-refractivity contribution in [1.82, 2.24) is 4.98 Å². The van der Waals surface area contributed by atoms with Gasteiger partial charge in [-0.25, -0.2) is 0 Å². The van der Waals surface area contributed by atoms with Crippen molar-refractivity contribution in [2.45, 2.75) is 6.42 Å². The minimum absolute atomic E-state index is 0.0650. The lowest BCUT2D eigenvalue weighted by atomic mass is 10.2. The summed E-state index contributed by atoms with van der Waals surface area (Å²) >= 11 is 0. The molecule has 0 radical (unpaired) electrons. The summed E-state index contributed by atoms with van der Waals surface area (Å²) in [4.78, 5) is 16.3. The number of rotatable bonds is 7. The molecule has 0 aliphatic carbocycles. The van der Waals surface area contributed by atoms with Gasteiger partial charge in [0.05, 0.1) is 24.7 Å². The number of benzene rings is 1. The van der Waals surface area contributed by atoms with E-state index < -0.39 is 4.92 Å². The van der Waals surface area contributed by atoms with E-state index in [0.29, 0.717) is 6.54 Å². The Morgan fingerprint density at radius 3 is 2.85 bits per heavy atom. The van der Waals surface area contributed by atoms with Gasteiger partial charge in [0.1, 0.15) is 24.7 Å². The lowest BCUT2D eigenvalue weighted by molar-refractivity contribution is -0.908. The van der Waals surface area contributed by atoms with Crippen LogP contribution in [0.25, 0.3) is 11.5 Å². The summed E-state index contributed by atoms with van der Waals surface area (Å²) < 4.78 is 10.9. The van der Waals surface area contributed by atoms with Crippen LogP contribution < -0.4 is 10.2 Å². The highest BCUT2D eigenvalue weighted by Gasteiger charge is 2.22. The number of para-hydroxylation sites is 1. The minimum Gasteiger partial charge on any atom is -0.419 e. The van der Waals surface area contributed by atoms with E-state index in [2.05, 4.69) is 10.3 Å². The number of nitro benzene ring substituents is 1. The first kappa shape index (κ1) is 17.8. The number of anilines is 1. The van der Waals surface area contributed by atoms with Crippen molar-refractivity contribution in [1.29, 1.82) is 5.26 Å². The fourth-order valence-corrected chi connectivity index (χ4v) is 2.90. The van der Waals surface area contributed by atoms with E-state index in [1.807, 2.05) is 6.07 Å². The van der Waals surface area contributed by atoms with Crippen LogP contribution in [0.1, 0.15) is 12.1 Å². The Morgan fingerprint density at radius 2 is 2.12 bits per heavy atom. The number of quaternary nitrogens is 1. The summed E-state index contributed by atoms with van der Waals surface area (Å²) in [6.45, 7) is 5.24. The normalized spacial score (nSPS) is 14.7. The number of nitriles is 1. The molecule has 9 nitrogen and oxygen atoms in total. The third kappa shape index (κ3) is 4.17. The van der Waals surface area contributed by atoms with Gasteiger partial charge in [-0.05, 0) is 6.07 Å². The van der Waals surface area contributed by atoms with Crippen LogP contribution >= 0.6 is 0 Å². The van der Waals surface area contributed by atoms with Crippen molar-refractivity contribution >= 4 is 11.6 Å². The molecule has 1 aliphatic heterocycles. The average Bonchev–Trinajstić information content (AvgIpc) is 3.09. The van der Waals surface area contributed by atoms with Gasteiger partial charge in [0.25, 0.3) is 5.69 Å². The molecule has 3 rings (SSSR count). The Balaban J connectivity index is 1.66. The lowest BCUT2D eigenvalue weighted by Crippen LogP contribution is -3.14. The van der Waals surface area contributed by atoms with Gasteiger partial charge in [0.2, 0.25) is 17.5 Å². The zero-order valence-corrected chi connectivity index (χ0v) is 14.2. The number of nitrogens with one attached hydrogen (secondary N) is 2. The van der Waals surface area contributed by atoms with Crippen molar-refractivity contribution in [2.24, 2.45) is 0 Å². The highest BCUT2D eigenvalue weighted by molar-refractivity contribution is 5.68. The number of morpholine rings is 1. The van der Waals surface area contributed by atoms with Gasteiger partial charge in [-0.15, -0.1) is 0 Å². The van der Waals surface area contributed by atoms with Crippen LogP contribution in [0.5, 0.6) is 0 Å². The fourth-order valence-electron chi connectivity index (χ4n) is 2.90. The summed E-state index contributed by atoms with van der Waals surface area (Å²) in [5.41, 5.74) is 0.234. The molecule has 0 unspecified atom stereocenters. The zero-order valence-electron chi connectivity index (χ0n) is 14.2. The second kappa shape index (κ2) is 8.42. The van der Waals surface area contributed by atoms with Crippen LogP contribution in [0.3, 0.4) is 0 Å². The third-order valence-corrected chi connectivity index (χ3v) is 4.26. The maximum absolute atomic E-state index is 11.2. The highest BCUT2D eigenvalue weighted by atomic mass is 16.6. The molecule has 0 spiro atoms. The lowest BCUT2D eigenvalue weighted by Gasteiger charge is -2.23. The van der Waals surface area contributed by atoms with Crippen LogP contribution in [0.4, 0.5) is 11.6 Å². The Morgan fingerprint density at radius 1 is 1.35 bits per heavy atom. The van der Waals surface area contributed by atoms with E-state index in [1.165, 1.54) is 11.0 Å². The van der Waals surface area contributed by atoms with Gasteiger partial charge in [0, 0.05) is 19.0 Å². The Hall–Kier alpha value is -2.96. The van der Waals surface area contributed by atoms with E-state index in [1.54, 1.807) is 18.2 Å². The molecule has 2 N–H and O–H groups in total. The molecule has 0 bridgehead atoms. The number of hydrogen-bond acceptors (Lipinski definition) is 7. The molecule has 1 aromatic carbocycles. The van der Waals surface area contributed by atoms with Crippen molar-refractivity contribution in [3.63, 3.8) is 0 Å². The second-order valence-electron chi connectivity index (χ2n) is 5.98. The maximum Gasteiger partial charge on any atom is 0.282 e. The van der Waals surface area contributed by atoms with Crippen LogP contribution in [-0.4, -0.2) is 49.3 Å². The fraction of sp³-hybridized carbons (Fsp3) is 0.412. The average molecular weight is 358 g/mol. The largest absolute Gasteiger partial charge is 0.419 e.